The van der Waals surface area contributed by atoms with Crippen LogP contribution < -0.4 is 5.32 Å². The van der Waals surface area contributed by atoms with Gasteiger partial charge in [-0.3, -0.25) is 0 Å². The molecule has 3 rings (SSSR count). The molecule has 0 amide bonds. The number of rotatable bonds is 5. The normalized spacial score (nSPS) is 16.9. The number of hydrogen-bond donors (Lipinski definition) is 1. The standard InChI is InChI=1S/C17H21N/c1-2-18-17(11-13-7-8-13)16-10-9-14-5-3-4-6-15(14)12-16/h3-6,9-10,12-13,17-18H,2,7-8,11H2,1H3. The van der Waals surface area contributed by atoms with Crippen LogP contribution in [0.4, 0.5) is 0 Å². The van der Waals surface area contributed by atoms with Gasteiger partial charge in [-0.25, -0.2) is 0 Å². The van der Waals surface area contributed by atoms with E-state index in [1.54, 1.807) is 0 Å². The van der Waals surface area contributed by atoms with E-state index in [2.05, 4.69) is 54.7 Å². The van der Waals surface area contributed by atoms with E-state index in [1.807, 2.05) is 0 Å². The van der Waals surface area contributed by atoms with Crippen molar-refractivity contribution in [3.8, 4) is 0 Å². The van der Waals surface area contributed by atoms with E-state index in [4.69, 9.17) is 0 Å². The number of fused-ring (bicyclic) bond motifs is 1. The lowest BCUT2D eigenvalue weighted by Gasteiger charge is -2.18. The van der Waals surface area contributed by atoms with Crippen molar-refractivity contribution in [3.05, 3.63) is 48.0 Å². The third-order valence-corrected chi connectivity index (χ3v) is 3.89. The molecule has 0 spiro atoms. The van der Waals surface area contributed by atoms with Crippen LogP contribution in [0.2, 0.25) is 0 Å². The Morgan fingerprint density at radius 2 is 1.89 bits per heavy atom. The maximum atomic E-state index is 3.63. The first-order valence-corrected chi connectivity index (χ1v) is 7.09. The molecule has 18 heavy (non-hydrogen) atoms. The highest BCUT2D eigenvalue weighted by Gasteiger charge is 2.25. The molecule has 1 heteroatoms. The van der Waals surface area contributed by atoms with Gasteiger partial charge < -0.3 is 5.32 Å². The second-order valence-corrected chi connectivity index (χ2v) is 5.40. The molecule has 0 aromatic heterocycles. The third-order valence-electron chi connectivity index (χ3n) is 3.89. The highest BCUT2D eigenvalue weighted by Crippen LogP contribution is 2.38. The van der Waals surface area contributed by atoms with Crippen molar-refractivity contribution < 1.29 is 0 Å². The lowest BCUT2D eigenvalue weighted by molar-refractivity contribution is 0.487. The summed E-state index contributed by atoms with van der Waals surface area (Å²) < 4.78 is 0. The van der Waals surface area contributed by atoms with Crippen LogP contribution in [-0.2, 0) is 0 Å². The van der Waals surface area contributed by atoms with Crippen LogP contribution in [0.3, 0.4) is 0 Å². The molecular weight excluding hydrogens is 218 g/mol. The minimum atomic E-state index is 0.534. The molecule has 0 radical (unpaired) electrons. The van der Waals surface area contributed by atoms with Gasteiger partial charge in [0, 0.05) is 6.04 Å². The molecule has 0 saturated heterocycles. The Labute approximate surface area is 109 Å². The van der Waals surface area contributed by atoms with E-state index in [9.17, 15) is 0 Å². The molecule has 94 valence electrons. The van der Waals surface area contributed by atoms with Crippen LogP contribution in [0.15, 0.2) is 42.5 Å². The van der Waals surface area contributed by atoms with Crippen LogP contribution in [0.5, 0.6) is 0 Å². The molecular formula is C17H21N. The summed E-state index contributed by atoms with van der Waals surface area (Å²) in [6.07, 6.45) is 4.15. The monoisotopic (exact) mass is 239 g/mol. The zero-order valence-electron chi connectivity index (χ0n) is 11.0. The van der Waals surface area contributed by atoms with Gasteiger partial charge >= 0.3 is 0 Å². The second kappa shape index (κ2) is 5.11. The molecule has 0 bridgehead atoms. The highest BCUT2D eigenvalue weighted by molar-refractivity contribution is 5.83. The molecule has 1 unspecified atom stereocenters. The fourth-order valence-corrected chi connectivity index (χ4v) is 2.70. The summed E-state index contributed by atoms with van der Waals surface area (Å²) in [4.78, 5) is 0. The summed E-state index contributed by atoms with van der Waals surface area (Å²) in [6, 6.07) is 16.0. The van der Waals surface area contributed by atoms with Gasteiger partial charge in [0.1, 0.15) is 0 Å². The molecule has 0 aliphatic heterocycles. The topological polar surface area (TPSA) is 12.0 Å². The summed E-state index contributed by atoms with van der Waals surface area (Å²) in [5.41, 5.74) is 1.45. The van der Waals surface area contributed by atoms with Crippen molar-refractivity contribution in [1.82, 2.24) is 5.32 Å². The quantitative estimate of drug-likeness (QED) is 0.820. The Morgan fingerprint density at radius 1 is 1.11 bits per heavy atom. The molecule has 1 saturated carbocycles. The van der Waals surface area contributed by atoms with E-state index < -0.39 is 0 Å². The predicted octanol–water partition coefficient (Wildman–Crippen LogP) is 4.29. The largest absolute Gasteiger partial charge is 0.310 e. The van der Waals surface area contributed by atoms with E-state index in [1.165, 1.54) is 35.6 Å². The van der Waals surface area contributed by atoms with Crippen molar-refractivity contribution in [3.63, 3.8) is 0 Å². The minimum Gasteiger partial charge on any atom is -0.310 e. The van der Waals surface area contributed by atoms with E-state index in [0.29, 0.717) is 6.04 Å². The van der Waals surface area contributed by atoms with Gasteiger partial charge in [0.25, 0.3) is 0 Å². The van der Waals surface area contributed by atoms with Crippen molar-refractivity contribution in [1.29, 1.82) is 0 Å². The molecule has 2 aromatic rings. The van der Waals surface area contributed by atoms with Crippen molar-refractivity contribution in [2.24, 2.45) is 5.92 Å². The first-order valence-electron chi connectivity index (χ1n) is 7.09. The summed E-state index contributed by atoms with van der Waals surface area (Å²) in [7, 11) is 0. The SMILES string of the molecule is CCNC(CC1CC1)c1ccc2ccccc2c1. The van der Waals surface area contributed by atoms with Gasteiger partial charge in [-0.2, -0.15) is 0 Å². The molecule has 1 aliphatic rings. The smallest absolute Gasteiger partial charge is 0.0322 e. The van der Waals surface area contributed by atoms with E-state index >= 15 is 0 Å². The fourth-order valence-electron chi connectivity index (χ4n) is 2.70. The van der Waals surface area contributed by atoms with E-state index in [-0.39, 0.29) is 0 Å². The lowest BCUT2D eigenvalue weighted by atomic mass is 9.98. The van der Waals surface area contributed by atoms with Crippen LogP contribution in [-0.4, -0.2) is 6.54 Å². The first kappa shape index (κ1) is 11.7. The first-order chi connectivity index (χ1) is 8.86. The molecule has 1 fully saturated rings. The van der Waals surface area contributed by atoms with Crippen LogP contribution in [0, 0.1) is 5.92 Å². The molecule has 2 aromatic carbocycles. The van der Waals surface area contributed by atoms with Crippen molar-refractivity contribution in [2.45, 2.75) is 32.2 Å². The van der Waals surface area contributed by atoms with Gasteiger partial charge in [0.15, 0.2) is 0 Å². The molecule has 1 N–H and O–H groups in total. The Balaban J connectivity index is 1.89. The van der Waals surface area contributed by atoms with Gasteiger partial charge in [0.05, 0.1) is 0 Å². The summed E-state index contributed by atoms with van der Waals surface area (Å²) in [5.74, 6) is 0.959. The summed E-state index contributed by atoms with van der Waals surface area (Å²) in [5, 5.41) is 6.33. The van der Waals surface area contributed by atoms with Crippen LogP contribution in [0.25, 0.3) is 10.8 Å². The maximum Gasteiger partial charge on any atom is 0.0322 e. The average molecular weight is 239 g/mol. The Morgan fingerprint density at radius 3 is 2.61 bits per heavy atom. The summed E-state index contributed by atoms with van der Waals surface area (Å²) in [6.45, 7) is 3.24. The third kappa shape index (κ3) is 2.56. The zero-order chi connectivity index (χ0) is 12.4. The second-order valence-electron chi connectivity index (χ2n) is 5.40. The molecule has 0 heterocycles. The van der Waals surface area contributed by atoms with Crippen LogP contribution >= 0.6 is 0 Å². The van der Waals surface area contributed by atoms with Gasteiger partial charge in [-0.1, -0.05) is 56.2 Å². The number of hydrogen-bond acceptors (Lipinski definition) is 1. The van der Waals surface area contributed by atoms with Crippen molar-refractivity contribution in [2.75, 3.05) is 6.54 Å². The van der Waals surface area contributed by atoms with Gasteiger partial charge in [-0.05, 0) is 41.3 Å². The Hall–Kier alpha value is -1.34. The van der Waals surface area contributed by atoms with Gasteiger partial charge in [-0.15, -0.1) is 0 Å². The average Bonchev–Trinajstić information content (AvgIpc) is 3.22. The fraction of sp³-hybridized carbons (Fsp3) is 0.412. The molecule has 1 nitrogen and oxygen atoms in total. The van der Waals surface area contributed by atoms with Crippen molar-refractivity contribution >= 4 is 10.8 Å². The van der Waals surface area contributed by atoms with Crippen LogP contribution in [0.1, 0.15) is 37.8 Å². The zero-order valence-corrected chi connectivity index (χ0v) is 11.0. The highest BCUT2D eigenvalue weighted by atomic mass is 14.9. The number of nitrogens with one attached hydrogen (secondary N) is 1. The maximum absolute atomic E-state index is 3.63. The van der Waals surface area contributed by atoms with E-state index in [0.717, 1.165) is 12.5 Å². The minimum absolute atomic E-state index is 0.534. The molecule has 1 aliphatic carbocycles. The number of benzene rings is 2. The predicted molar refractivity (Wildman–Crippen MR) is 77.7 cm³/mol. The Bertz CT molecular complexity index is 528. The summed E-state index contributed by atoms with van der Waals surface area (Å²) >= 11 is 0. The van der Waals surface area contributed by atoms with Gasteiger partial charge in [0.2, 0.25) is 0 Å². The Kier molecular flexibility index (Phi) is 3.33. The lowest BCUT2D eigenvalue weighted by Crippen LogP contribution is -2.21. The molecule has 1 atom stereocenters.